The molecule has 0 amide bonds. The lowest BCUT2D eigenvalue weighted by molar-refractivity contribution is 0.248. The monoisotopic (exact) mass is 140 g/mol. The predicted molar refractivity (Wildman–Crippen MR) is 37.0 cm³/mol. The molecule has 3 nitrogen and oxygen atoms in total. The molecule has 0 aromatic heterocycles. The zero-order chi connectivity index (χ0) is 7.45. The highest BCUT2D eigenvalue weighted by Gasteiger charge is 2.41. The van der Waals surface area contributed by atoms with Gasteiger partial charge in [0.05, 0.1) is 0 Å². The van der Waals surface area contributed by atoms with E-state index in [1.165, 1.54) is 0 Å². The van der Waals surface area contributed by atoms with Gasteiger partial charge in [0.25, 0.3) is 0 Å². The van der Waals surface area contributed by atoms with Crippen LogP contribution in [0.25, 0.3) is 0 Å². The molecular formula is C7H12N2O. The van der Waals surface area contributed by atoms with Crippen LogP contribution >= 0.6 is 0 Å². The summed E-state index contributed by atoms with van der Waals surface area (Å²) in [6.07, 6.45) is 5.04. The maximum Gasteiger partial charge on any atom is 0.176 e. The predicted octanol–water partition coefficient (Wildman–Crippen LogP) is 0.220. The normalized spacial score (nSPS) is 19.6. The van der Waals surface area contributed by atoms with E-state index in [-0.39, 0.29) is 12.0 Å². The number of hydrogen-bond donors (Lipinski definition) is 2. The third-order valence-corrected chi connectivity index (χ3v) is 2.14. The van der Waals surface area contributed by atoms with Crippen LogP contribution in [0.2, 0.25) is 0 Å². The third kappa shape index (κ3) is 1.61. The van der Waals surface area contributed by atoms with Gasteiger partial charge >= 0.3 is 0 Å². The largest absolute Gasteiger partial charge is 0.396 e. The number of nitrogens with one attached hydrogen (secondary N) is 1. The van der Waals surface area contributed by atoms with Gasteiger partial charge in [0.2, 0.25) is 0 Å². The number of rotatable bonds is 4. The molecule has 0 unspecified atom stereocenters. The summed E-state index contributed by atoms with van der Waals surface area (Å²) in [5, 5.41) is 19.5. The molecule has 0 radical (unpaired) electrons. The first-order valence-electron chi connectivity index (χ1n) is 3.56. The van der Waals surface area contributed by atoms with Gasteiger partial charge in [-0.05, 0) is 24.7 Å². The van der Waals surface area contributed by atoms with Crippen molar-refractivity contribution in [3.8, 4) is 6.19 Å². The number of nitriles is 1. The Morgan fingerprint density at radius 2 is 2.30 bits per heavy atom. The van der Waals surface area contributed by atoms with Crippen LogP contribution in [0, 0.1) is 16.9 Å². The van der Waals surface area contributed by atoms with Gasteiger partial charge in [0, 0.05) is 13.2 Å². The molecule has 0 saturated heterocycles. The van der Waals surface area contributed by atoms with E-state index in [4.69, 9.17) is 10.4 Å². The molecule has 1 aliphatic rings. The van der Waals surface area contributed by atoms with E-state index >= 15 is 0 Å². The van der Waals surface area contributed by atoms with Crippen molar-refractivity contribution >= 4 is 0 Å². The first-order valence-corrected chi connectivity index (χ1v) is 3.56. The highest BCUT2D eigenvalue weighted by molar-refractivity contribution is 4.95. The average molecular weight is 140 g/mol. The molecule has 1 saturated carbocycles. The standard InChI is InChI=1S/C7H12N2O/c8-6-9-5-7(1-2-7)3-4-10/h9-10H,1-5H2. The Labute approximate surface area is 60.7 Å². The molecular weight excluding hydrogens is 128 g/mol. The van der Waals surface area contributed by atoms with Gasteiger partial charge in [-0.1, -0.05) is 0 Å². The second-order valence-corrected chi connectivity index (χ2v) is 2.94. The van der Waals surface area contributed by atoms with E-state index in [1.807, 2.05) is 6.19 Å². The fraction of sp³-hybridized carbons (Fsp3) is 0.857. The molecule has 0 aromatic rings. The molecule has 3 heteroatoms. The minimum absolute atomic E-state index is 0.243. The van der Waals surface area contributed by atoms with Crippen LogP contribution in [0.1, 0.15) is 19.3 Å². The van der Waals surface area contributed by atoms with Gasteiger partial charge in [0.15, 0.2) is 6.19 Å². The summed E-state index contributed by atoms with van der Waals surface area (Å²) in [5.41, 5.74) is 0.268. The van der Waals surface area contributed by atoms with Crippen molar-refractivity contribution in [3.05, 3.63) is 0 Å². The Morgan fingerprint density at radius 3 is 2.70 bits per heavy atom. The number of nitrogens with zero attached hydrogens (tertiary/aromatic N) is 1. The van der Waals surface area contributed by atoms with E-state index in [1.54, 1.807) is 0 Å². The number of aliphatic hydroxyl groups is 1. The van der Waals surface area contributed by atoms with Gasteiger partial charge in [-0.15, -0.1) is 0 Å². The summed E-state index contributed by atoms with van der Waals surface area (Å²) in [7, 11) is 0. The number of aliphatic hydroxyl groups excluding tert-OH is 1. The first-order chi connectivity index (χ1) is 4.83. The Bertz CT molecular complexity index is 146. The van der Waals surface area contributed by atoms with Crippen molar-refractivity contribution in [2.45, 2.75) is 19.3 Å². The average Bonchev–Trinajstić information content (AvgIpc) is 2.67. The Balaban J connectivity index is 2.18. The van der Waals surface area contributed by atoms with Gasteiger partial charge in [-0.25, -0.2) is 0 Å². The molecule has 1 rings (SSSR count). The minimum atomic E-state index is 0.243. The van der Waals surface area contributed by atoms with Crippen LogP contribution in [0.3, 0.4) is 0 Å². The lowest BCUT2D eigenvalue weighted by Gasteiger charge is -2.10. The van der Waals surface area contributed by atoms with Crippen LogP contribution in [0.15, 0.2) is 0 Å². The molecule has 1 fully saturated rings. The maximum atomic E-state index is 8.63. The van der Waals surface area contributed by atoms with Gasteiger partial charge in [0.1, 0.15) is 0 Å². The quantitative estimate of drug-likeness (QED) is 0.434. The molecule has 0 spiro atoms. The molecule has 0 heterocycles. The van der Waals surface area contributed by atoms with Crippen LogP contribution in [0.4, 0.5) is 0 Å². The molecule has 0 bridgehead atoms. The van der Waals surface area contributed by atoms with E-state index < -0.39 is 0 Å². The van der Waals surface area contributed by atoms with Gasteiger partial charge < -0.3 is 10.4 Å². The molecule has 0 aliphatic heterocycles. The van der Waals surface area contributed by atoms with Crippen molar-refractivity contribution in [1.82, 2.24) is 5.32 Å². The second kappa shape index (κ2) is 2.89. The zero-order valence-corrected chi connectivity index (χ0v) is 5.93. The van der Waals surface area contributed by atoms with Crippen molar-refractivity contribution in [2.75, 3.05) is 13.2 Å². The molecule has 56 valence electrons. The van der Waals surface area contributed by atoms with Crippen molar-refractivity contribution in [3.63, 3.8) is 0 Å². The summed E-state index contributed by atoms with van der Waals surface area (Å²) in [6.45, 7) is 0.983. The van der Waals surface area contributed by atoms with Crippen LogP contribution in [0.5, 0.6) is 0 Å². The number of hydrogen-bond acceptors (Lipinski definition) is 3. The minimum Gasteiger partial charge on any atom is -0.396 e. The van der Waals surface area contributed by atoms with Gasteiger partial charge in [-0.3, -0.25) is 0 Å². The molecule has 0 atom stereocenters. The van der Waals surface area contributed by atoms with Crippen molar-refractivity contribution in [2.24, 2.45) is 5.41 Å². The van der Waals surface area contributed by atoms with E-state index in [0.717, 1.165) is 25.8 Å². The summed E-state index contributed by atoms with van der Waals surface area (Å²) >= 11 is 0. The zero-order valence-electron chi connectivity index (χ0n) is 5.93. The van der Waals surface area contributed by atoms with Crippen LogP contribution in [-0.2, 0) is 0 Å². The highest BCUT2D eigenvalue weighted by atomic mass is 16.3. The second-order valence-electron chi connectivity index (χ2n) is 2.94. The third-order valence-electron chi connectivity index (χ3n) is 2.14. The smallest absolute Gasteiger partial charge is 0.176 e. The summed E-state index contributed by atoms with van der Waals surface area (Å²) in [6, 6.07) is 0. The highest BCUT2D eigenvalue weighted by Crippen LogP contribution is 2.47. The summed E-state index contributed by atoms with van der Waals surface area (Å²) in [4.78, 5) is 0. The molecule has 0 aromatic carbocycles. The SMILES string of the molecule is N#CNCC1(CCO)CC1. The topological polar surface area (TPSA) is 56.0 Å². The Hall–Kier alpha value is -0.750. The van der Waals surface area contributed by atoms with Gasteiger partial charge in [-0.2, -0.15) is 5.26 Å². The van der Waals surface area contributed by atoms with Crippen LogP contribution < -0.4 is 5.32 Å². The van der Waals surface area contributed by atoms with E-state index in [2.05, 4.69) is 5.32 Å². The van der Waals surface area contributed by atoms with Crippen molar-refractivity contribution in [1.29, 1.82) is 5.26 Å². The van der Waals surface area contributed by atoms with Crippen molar-refractivity contribution < 1.29 is 5.11 Å². The lowest BCUT2D eigenvalue weighted by atomic mass is 10.0. The fourth-order valence-electron chi connectivity index (χ4n) is 1.16. The summed E-state index contributed by atoms with van der Waals surface area (Å²) in [5.74, 6) is 0. The summed E-state index contributed by atoms with van der Waals surface area (Å²) < 4.78 is 0. The molecule has 1 aliphatic carbocycles. The molecule has 10 heavy (non-hydrogen) atoms. The maximum absolute atomic E-state index is 8.63. The first kappa shape index (κ1) is 7.36. The van der Waals surface area contributed by atoms with Crippen LogP contribution in [-0.4, -0.2) is 18.3 Å². The fourth-order valence-corrected chi connectivity index (χ4v) is 1.16. The van der Waals surface area contributed by atoms with E-state index in [9.17, 15) is 0 Å². The van der Waals surface area contributed by atoms with E-state index in [0.29, 0.717) is 0 Å². The molecule has 2 N–H and O–H groups in total. The Morgan fingerprint density at radius 1 is 1.60 bits per heavy atom. The lowest BCUT2D eigenvalue weighted by Crippen LogP contribution is -2.20. The Kier molecular flexibility index (Phi) is 2.13.